The number of carbonyl (C=O) groups is 1. The Labute approximate surface area is 181 Å². The number of methoxy groups -OCH3 is 2. The van der Waals surface area contributed by atoms with E-state index in [2.05, 4.69) is 27.5 Å². The second-order valence-corrected chi connectivity index (χ2v) is 7.70. The average Bonchev–Trinajstić information content (AvgIpc) is 3.30. The molecule has 1 aliphatic rings. The van der Waals surface area contributed by atoms with E-state index in [9.17, 15) is 4.79 Å². The number of anilines is 1. The zero-order valence-electron chi connectivity index (χ0n) is 17.8. The molecular weight excluding hydrogens is 394 g/mol. The Morgan fingerprint density at radius 2 is 2.03 bits per heavy atom. The Kier molecular flexibility index (Phi) is 6.52. The molecule has 1 saturated heterocycles. The molecule has 1 fully saturated rings. The molecule has 0 bridgehead atoms. The van der Waals surface area contributed by atoms with Crippen LogP contribution in [-0.2, 0) is 6.54 Å². The monoisotopic (exact) mass is 421 g/mol. The number of amides is 1. The second-order valence-electron chi connectivity index (χ2n) is 7.70. The van der Waals surface area contributed by atoms with Gasteiger partial charge < -0.3 is 19.3 Å². The maximum Gasteiger partial charge on any atom is 0.294 e. The minimum atomic E-state index is -0.340. The van der Waals surface area contributed by atoms with Crippen molar-refractivity contribution < 1.29 is 18.8 Å². The Morgan fingerprint density at radius 1 is 1.16 bits per heavy atom. The fourth-order valence-corrected chi connectivity index (χ4v) is 3.99. The first kappa shape index (κ1) is 20.9. The van der Waals surface area contributed by atoms with Gasteiger partial charge in [0.15, 0.2) is 0 Å². The molecule has 2 heterocycles. The Morgan fingerprint density at radius 3 is 2.87 bits per heavy atom. The van der Waals surface area contributed by atoms with Crippen molar-refractivity contribution in [2.75, 3.05) is 32.6 Å². The van der Waals surface area contributed by atoms with Crippen LogP contribution in [0.3, 0.4) is 0 Å². The molecule has 0 aliphatic carbocycles. The summed E-state index contributed by atoms with van der Waals surface area (Å²) in [7, 11) is 3.25. The maximum absolute atomic E-state index is 12.6. The summed E-state index contributed by atoms with van der Waals surface area (Å²) in [5.74, 6) is 1.55. The largest absolute Gasteiger partial charge is 0.497 e. The minimum absolute atomic E-state index is 0.200. The SMILES string of the molecule is COc1cccc(CN2CCCC(c3cc(C(=O)Nc4ccccc4OC)on3)C2)c1. The van der Waals surface area contributed by atoms with E-state index in [1.54, 1.807) is 32.4 Å². The van der Waals surface area contributed by atoms with Crippen LogP contribution in [0.1, 0.15) is 40.6 Å². The highest BCUT2D eigenvalue weighted by molar-refractivity contribution is 6.03. The van der Waals surface area contributed by atoms with Gasteiger partial charge in [-0.25, -0.2) is 0 Å². The summed E-state index contributed by atoms with van der Waals surface area (Å²) >= 11 is 0. The first-order valence-electron chi connectivity index (χ1n) is 10.4. The molecule has 4 rings (SSSR count). The molecule has 1 atom stereocenters. The summed E-state index contributed by atoms with van der Waals surface area (Å²) in [4.78, 5) is 15.0. The van der Waals surface area contributed by atoms with Crippen molar-refractivity contribution in [3.8, 4) is 11.5 Å². The van der Waals surface area contributed by atoms with Crippen LogP contribution >= 0.6 is 0 Å². The van der Waals surface area contributed by atoms with Crippen LogP contribution in [0.2, 0.25) is 0 Å². The molecular formula is C24H27N3O4. The standard InChI is InChI=1S/C24H27N3O4/c1-29-19-9-5-7-17(13-19)15-27-12-6-8-18(16-27)21-14-23(31-26-21)24(28)25-20-10-3-4-11-22(20)30-2/h3-5,7,9-11,13-14,18H,6,8,12,15-16H2,1-2H3,(H,25,28). The molecule has 1 aliphatic heterocycles. The van der Waals surface area contributed by atoms with Gasteiger partial charge in [-0.15, -0.1) is 0 Å². The molecule has 1 aromatic heterocycles. The molecule has 0 spiro atoms. The number of benzene rings is 2. The Balaban J connectivity index is 1.40. The summed E-state index contributed by atoms with van der Waals surface area (Å²) in [6, 6.07) is 17.2. The number of hydrogen-bond donors (Lipinski definition) is 1. The molecule has 0 saturated carbocycles. The topological polar surface area (TPSA) is 76.8 Å². The molecule has 3 aromatic rings. The zero-order chi connectivity index (χ0) is 21.6. The highest BCUT2D eigenvalue weighted by Gasteiger charge is 2.25. The fraction of sp³-hybridized carbons (Fsp3) is 0.333. The highest BCUT2D eigenvalue weighted by Crippen LogP contribution is 2.29. The normalized spacial score (nSPS) is 16.6. The summed E-state index contributed by atoms with van der Waals surface area (Å²) in [6.45, 7) is 2.76. The van der Waals surface area contributed by atoms with Crippen LogP contribution < -0.4 is 14.8 Å². The van der Waals surface area contributed by atoms with E-state index in [-0.39, 0.29) is 17.6 Å². The van der Waals surface area contributed by atoms with Gasteiger partial charge in [-0.05, 0) is 49.2 Å². The Bertz CT molecular complexity index is 1030. The molecule has 1 amide bonds. The van der Waals surface area contributed by atoms with E-state index in [1.165, 1.54) is 5.56 Å². The van der Waals surface area contributed by atoms with Crippen molar-refractivity contribution >= 4 is 11.6 Å². The number of ether oxygens (including phenoxy) is 2. The van der Waals surface area contributed by atoms with Gasteiger partial charge in [0, 0.05) is 25.1 Å². The van der Waals surface area contributed by atoms with E-state index < -0.39 is 0 Å². The van der Waals surface area contributed by atoms with Crippen molar-refractivity contribution in [1.82, 2.24) is 10.1 Å². The number of piperidine rings is 1. The summed E-state index contributed by atoms with van der Waals surface area (Å²) in [5.41, 5.74) is 2.63. The van der Waals surface area contributed by atoms with Crippen LogP contribution in [0.5, 0.6) is 11.5 Å². The molecule has 7 nitrogen and oxygen atoms in total. The number of rotatable bonds is 7. The summed E-state index contributed by atoms with van der Waals surface area (Å²) in [5, 5.41) is 7.03. The first-order chi connectivity index (χ1) is 15.2. The number of nitrogens with one attached hydrogen (secondary N) is 1. The van der Waals surface area contributed by atoms with Crippen LogP contribution in [0.15, 0.2) is 59.1 Å². The Hall–Kier alpha value is -3.32. The third-order valence-electron chi connectivity index (χ3n) is 5.57. The van der Waals surface area contributed by atoms with Crippen LogP contribution in [0.25, 0.3) is 0 Å². The third kappa shape index (κ3) is 5.06. The highest BCUT2D eigenvalue weighted by atomic mass is 16.5. The van der Waals surface area contributed by atoms with Gasteiger partial charge in [0.2, 0.25) is 5.76 Å². The summed E-state index contributed by atoms with van der Waals surface area (Å²) < 4.78 is 16.0. The van der Waals surface area contributed by atoms with Gasteiger partial charge in [0.1, 0.15) is 11.5 Å². The lowest BCUT2D eigenvalue weighted by atomic mass is 9.94. The molecule has 162 valence electrons. The molecule has 31 heavy (non-hydrogen) atoms. The fourth-order valence-electron chi connectivity index (χ4n) is 3.99. The number of nitrogens with zero attached hydrogens (tertiary/aromatic N) is 2. The third-order valence-corrected chi connectivity index (χ3v) is 5.57. The predicted octanol–water partition coefficient (Wildman–Crippen LogP) is 4.32. The van der Waals surface area contributed by atoms with Crippen LogP contribution in [0, 0.1) is 0 Å². The zero-order valence-corrected chi connectivity index (χ0v) is 17.8. The van der Waals surface area contributed by atoms with E-state index in [0.29, 0.717) is 11.4 Å². The maximum atomic E-state index is 12.6. The van der Waals surface area contributed by atoms with Crippen molar-refractivity contribution in [3.05, 3.63) is 71.6 Å². The van der Waals surface area contributed by atoms with Gasteiger partial charge in [-0.3, -0.25) is 9.69 Å². The van der Waals surface area contributed by atoms with Gasteiger partial charge in [-0.1, -0.05) is 29.4 Å². The smallest absolute Gasteiger partial charge is 0.294 e. The van der Waals surface area contributed by atoms with Crippen LogP contribution in [0.4, 0.5) is 5.69 Å². The van der Waals surface area contributed by atoms with Crippen molar-refractivity contribution in [2.45, 2.75) is 25.3 Å². The van der Waals surface area contributed by atoms with Gasteiger partial charge in [0.25, 0.3) is 5.91 Å². The number of likely N-dealkylation sites (tertiary alicyclic amines) is 1. The minimum Gasteiger partial charge on any atom is -0.497 e. The van der Waals surface area contributed by atoms with Gasteiger partial charge >= 0.3 is 0 Å². The van der Waals surface area contributed by atoms with Crippen molar-refractivity contribution in [3.63, 3.8) is 0 Å². The molecule has 0 radical (unpaired) electrons. The van der Waals surface area contributed by atoms with E-state index in [4.69, 9.17) is 14.0 Å². The van der Waals surface area contributed by atoms with Crippen molar-refractivity contribution in [2.24, 2.45) is 0 Å². The molecule has 1 N–H and O–H groups in total. The molecule has 1 unspecified atom stereocenters. The van der Waals surface area contributed by atoms with E-state index >= 15 is 0 Å². The number of aromatic nitrogens is 1. The number of hydrogen-bond acceptors (Lipinski definition) is 6. The summed E-state index contributed by atoms with van der Waals surface area (Å²) in [6.07, 6.45) is 2.10. The molecule has 2 aromatic carbocycles. The van der Waals surface area contributed by atoms with Crippen LogP contribution in [-0.4, -0.2) is 43.3 Å². The number of carbonyl (C=O) groups excluding carboxylic acids is 1. The van der Waals surface area contributed by atoms with Gasteiger partial charge in [-0.2, -0.15) is 0 Å². The lowest BCUT2D eigenvalue weighted by Gasteiger charge is -2.31. The molecule has 7 heteroatoms. The average molecular weight is 421 g/mol. The second kappa shape index (κ2) is 9.66. The lowest BCUT2D eigenvalue weighted by Crippen LogP contribution is -2.34. The lowest BCUT2D eigenvalue weighted by molar-refractivity contribution is 0.0987. The van der Waals surface area contributed by atoms with Gasteiger partial charge in [0.05, 0.1) is 25.6 Å². The van der Waals surface area contributed by atoms with E-state index in [1.807, 2.05) is 24.3 Å². The predicted molar refractivity (Wildman–Crippen MR) is 118 cm³/mol. The van der Waals surface area contributed by atoms with Crippen molar-refractivity contribution in [1.29, 1.82) is 0 Å². The number of para-hydroxylation sites is 2. The van der Waals surface area contributed by atoms with E-state index in [0.717, 1.165) is 43.9 Å². The quantitative estimate of drug-likeness (QED) is 0.612. The first-order valence-corrected chi connectivity index (χ1v) is 10.4.